The van der Waals surface area contributed by atoms with E-state index < -0.39 is 11.9 Å². The van der Waals surface area contributed by atoms with Gasteiger partial charge in [-0.15, -0.1) is 0 Å². The Morgan fingerprint density at radius 2 is 2.06 bits per heavy atom. The third-order valence-electron chi connectivity index (χ3n) is 2.76. The van der Waals surface area contributed by atoms with Gasteiger partial charge in [-0.1, -0.05) is 0 Å². The first-order valence-electron chi connectivity index (χ1n) is 5.09. The highest BCUT2D eigenvalue weighted by molar-refractivity contribution is 6.00. The van der Waals surface area contributed by atoms with Crippen LogP contribution in [0.5, 0.6) is 0 Å². The maximum atomic E-state index is 11.9. The number of carbonyl (C=O) groups excluding carboxylic acids is 1. The molecule has 2 heterocycles. The number of hydrogen-bond donors (Lipinski definition) is 2. The summed E-state index contributed by atoms with van der Waals surface area (Å²) < 4.78 is 0. The lowest BCUT2D eigenvalue weighted by Crippen LogP contribution is -2.30. The van der Waals surface area contributed by atoms with Gasteiger partial charge in [0, 0.05) is 24.5 Å². The number of Topliss-reactive ketones (excluding diaryl/α,β-unsaturated/α-hetero) is 1. The van der Waals surface area contributed by atoms with Crippen LogP contribution in [0.2, 0.25) is 0 Å². The maximum Gasteiger partial charge on any atom is 0.307 e. The number of aliphatic carboxylic acids is 1. The first-order chi connectivity index (χ1) is 7.68. The molecular formula is C11H12N2O3. The molecule has 0 radical (unpaired) electrons. The van der Waals surface area contributed by atoms with Gasteiger partial charge in [0.05, 0.1) is 12.0 Å². The van der Waals surface area contributed by atoms with E-state index in [0.717, 1.165) is 0 Å². The van der Waals surface area contributed by atoms with E-state index in [1.54, 1.807) is 24.5 Å². The summed E-state index contributed by atoms with van der Waals surface area (Å²) in [6.45, 7) is 0.358. The summed E-state index contributed by atoms with van der Waals surface area (Å²) in [5.41, 5.74) is 0.568. The highest BCUT2D eigenvalue weighted by Gasteiger charge is 2.33. The van der Waals surface area contributed by atoms with Crippen molar-refractivity contribution in [3.63, 3.8) is 0 Å². The Bertz CT molecular complexity index is 405. The first kappa shape index (κ1) is 10.8. The topological polar surface area (TPSA) is 79.3 Å². The third-order valence-corrected chi connectivity index (χ3v) is 2.76. The quantitative estimate of drug-likeness (QED) is 0.717. The van der Waals surface area contributed by atoms with Crippen molar-refractivity contribution in [2.45, 2.75) is 12.5 Å². The number of aromatic nitrogens is 1. The van der Waals surface area contributed by atoms with Crippen molar-refractivity contribution >= 4 is 11.8 Å². The molecule has 0 bridgehead atoms. The van der Waals surface area contributed by atoms with Gasteiger partial charge in [-0.25, -0.2) is 0 Å². The molecule has 1 aromatic heterocycles. The van der Waals surface area contributed by atoms with E-state index in [1.165, 1.54) is 0 Å². The summed E-state index contributed by atoms with van der Waals surface area (Å²) in [5.74, 6) is -1.38. The number of carboxylic acid groups (broad SMARTS) is 1. The van der Waals surface area contributed by atoms with E-state index in [4.69, 9.17) is 5.11 Å². The van der Waals surface area contributed by atoms with Crippen LogP contribution < -0.4 is 5.32 Å². The number of ketones is 1. The van der Waals surface area contributed by atoms with E-state index >= 15 is 0 Å². The molecule has 1 aliphatic rings. The van der Waals surface area contributed by atoms with Crippen molar-refractivity contribution in [1.82, 2.24) is 10.3 Å². The molecule has 2 N–H and O–H groups in total. The molecule has 5 nitrogen and oxygen atoms in total. The molecule has 2 rings (SSSR count). The van der Waals surface area contributed by atoms with Crippen LogP contribution in [0.3, 0.4) is 0 Å². The second-order valence-corrected chi connectivity index (χ2v) is 3.83. The fraction of sp³-hybridized carbons (Fsp3) is 0.364. The first-order valence-corrected chi connectivity index (χ1v) is 5.09. The summed E-state index contributed by atoms with van der Waals surface area (Å²) in [6, 6.07) is 2.89. The Morgan fingerprint density at radius 1 is 1.38 bits per heavy atom. The van der Waals surface area contributed by atoms with Crippen LogP contribution >= 0.6 is 0 Å². The summed E-state index contributed by atoms with van der Waals surface area (Å²) >= 11 is 0. The van der Waals surface area contributed by atoms with Crippen molar-refractivity contribution < 1.29 is 14.7 Å². The van der Waals surface area contributed by atoms with Gasteiger partial charge in [0.1, 0.15) is 0 Å². The molecule has 2 atom stereocenters. The van der Waals surface area contributed by atoms with E-state index in [1.807, 2.05) is 0 Å². The number of carbonyl (C=O) groups is 2. The van der Waals surface area contributed by atoms with Gasteiger partial charge in [0.25, 0.3) is 0 Å². The molecule has 5 heteroatoms. The van der Waals surface area contributed by atoms with E-state index in [2.05, 4.69) is 10.3 Å². The minimum atomic E-state index is -0.850. The highest BCUT2D eigenvalue weighted by atomic mass is 16.4. The lowest BCUT2D eigenvalue weighted by atomic mass is 10.00. The Hall–Kier alpha value is -1.75. The molecule has 1 saturated heterocycles. The van der Waals surface area contributed by atoms with Crippen molar-refractivity contribution in [3.05, 3.63) is 30.1 Å². The predicted octanol–water partition coefficient (Wildman–Crippen LogP) is 0.327. The van der Waals surface area contributed by atoms with Crippen LogP contribution in [0.15, 0.2) is 24.5 Å². The van der Waals surface area contributed by atoms with Crippen LogP contribution in [0.1, 0.15) is 16.8 Å². The van der Waals surface area contributed by atoms with Crippen LogP contribution in [0.25, 0.3) is 0 Å². The molecule has 0 aromatic carbocycles. The minimum absolute atomic E-state index is 0.0637. The average Bonchev–Trinajstić information content (AvgIpc) is 2.78. The zero-order valence-corrected chi connectivity index (χ0v) is 8.59. The number of carboxylic acids is 1. The zero-order chi connectivity index (χ0) is 11.5. The van der Waals surface area contributed by atoms with Gasteiger partial charge in [-0.2, -0.15) is 0 Å². The third kappa shape index (κ3) is 2.09. The van der Waals surface area contributed by atoms with Gasteiger partial charge in [0.15, 0.2) is 5.78 Å². The Morgan fingerprint density at radius 3 is 2.62 bits per heavy atom. The van der Waals surface area contributed by atoms with Crippen molar-refractivity contribution in [3.8, 4) is 0 Å². The number of pyridine rings is 1. The molecule has 0 saturated carbocycles. The van der Waals surface area contributed by atoms with Gasteiger partial charge >= 0.3 is 5.97 Å². The molecule has 16 heavy (non-hydrogen) atoms. The normalized spacial score (nSPS) is 24.2. The van der Waals surface area contributed by atoms with E-state index in [-0.39, 0.29) is 11.8 Å². The van der Waals surface area contributed by atoms with Crippen LogP contribution in [-0.2, 0) is 4.79 Å². The van der Waals surface area contributed by atoms with Crippen molar-refractivity contribution in [2.75, 3.05) is 6.54 Å². The predicted molar refractivity (Wildman–Crippen MR) is 56.1 cm³/mol. The SMILES string of the molecule is O=C(O)C1CNC(C(=O)c2ccncc2)C1. The standard InChI is InChI=1S/C11H12N2O3/c14-10(7-1-3-12-4-2-7)9-5-8(6-13-9)11(15)16/h1-4,8-9,13H,5-6H2,(H,15,16). The summed E-state index contributed by atoms with van der Waals surface area (Å²) in [7, 11) is 0. The van der Waals surface area contributed by atoms with Crippen molar-refractivity contribution in [1.29, 1.82) is 0 Å². The van der Waals surface area contributed by atoms with Gasteiger partial charge in [0.2, 0.25) is 0 Å². The number of hydrogen-bond acceptors (Lipinski definition) is 4. The van der Waals surface area contributed by atoms with Gasteiger partial charge in [-0.05, 0) is 18.6 Å². The average molecular weight is 220 g/mol. The lowest BCUT2D eigenvalue weighted by molar-refractivity contribution is -0.141. The fourth-order valence-electron chi connectivity index (χ4n) is 1.84. The molecule has 2 unspecified atom stereocenters. The molecule has 0 spiro atoms. The summed E-state index contributed by atoms with van der Waals surface area (Å²) in [4.78, 5) is 26.5. The Kier molecular flexibility index (Phi) is 2.96. The molecule has 84 valence electrons. The number of nitrogens with zero attached hydrogens (tertiary/aromatic N) is 1. The van der Waals surface area contributed by atoms with Gasteiger partial charge < -0.3 is 10.4 Å². The largest absolute Gasteiger partial charge is 0.481 e. The molecule has 1 fully saturated rings. The molecule has 1 aromatic rings. The van der Waals surface area contributed by atoms with Gasteiger partial charge in [-0.3, -0.25) is 14.6 Å². The molecular weight excluding hydrogens is 208 g/mol. The second-order valence-electron chi connectivity index (χ2n) is 3.83. The Labute approximate surface area is 92.5 Å². The van der Waals surface area contributed by atoms with Crippen LogP contribution in [0.4, 0.5) is 0 Å². The van der Waals surface area contributed by atoms with E-state index in [9.17, 15) is 9.59 Å². The van der Waals surface area contributed by atoms with E-state index in [0.29, 0.717) is 18.5 Å². The monoisotopic (exact) mass is 220 g/mol. The molecule has 0 amide bonds. The van der Waals surface area contributed by atoms with Crippen LogP contribution in [0, 0.1) is 5.92 Å². The second kappa shape index (κ2) is 4.40. The number of rotatable bonds is 3. The fourth-order valence-corrected chi connectivity index (χ4v) is 1.84. The highest BCUT2D eigenvalue weighted by Crippen LogP contribution is 2.17. The smallest absolute Gasteiger partial charge is 0.307 e. The van der Waals surface area contributed by atoms with Crippen LogP contribution in [-0.4, -0.2) is 34.4 Å². The summed E-state index contributed by atoms with van der Waals surface area (Å²) in [5, 5.41) is 11.8. The zero-order valence-electron chi connectivity index (χ0n) is 8.59. The maximum absolute atomic E-state index is 11.9. The molecule has 1 aliphatic heterocycles. The van der Waals surface area contributed by atoms with Crippen molar-refractivity contribution in [2.24, 2.45) is 5.92 Å². The lowest BCUT2D eigenvalue weighted by Gasteiger charge is -2.08. The Balaban J connectivity index is 2.05. The minimum Gasteiger partial charge on any atom is -0.481 e. The summed E-state index contributed by atoms with van der Waals surface area (Å²) in [6.07, 6.45) is 3.46. The number of nitrogens with one attached hydrogen (secondary N) is 1. The molecule has 0 aliphatic carbocycles.